The molecule has 0 radical (unpaired) electrons. The van der Waals surface area contributed by atoms with Crippen LogP contribution >= 0.6 is 22.9 Å². The molecule has 0 aliphatic carbocycles. The lowest BCUT2D eigenvalue weighted by Gasteiger charge is -2.20. The van der Waals surface area contributed by atoms with Crippen molar-refractivity contribution >= 4 is 22.9 Å². The molecule has 2 aromatic rings. The van der Waals surface area contributed by atoms with Crippen LogP contribution in [0.2, 0.25) is 4.47 Å². The van der Waals surface area contributed by atoms with Crippen LogP contribution < -0.4 is 5.32 Å². The molecule has 96 valence electrons. The van der Waals surface area contributed by atoms with Gasteiger partial charge in [-0.3, -0.25) is 0 Å². The highest BCUT2D eigenvalue weighted by Gasteiger charge is 2.17. The van der Waals surface area contributed by atoms with E-state index in [4.69, 9.17) is 11.6 Å². The molecule has 0 bridgehead atoms. The van der Waals surface area contributed by atoms with Crippen LogP contribution in [-0.4, -0.2) is 26.5 Å². The molecule has 1 atom stereocenters. The molecule has 2 aromatic heterocycles. The average molecular weight is 284 g/mol. The number of halogens is 1. The normalized spacial score (nSPS) is 20.2. The Bertz CT molecular complexity index is 517. The Balaban J connectivity index is 1.69. The summed E-state index contributed by atoms with van der Waals surface area (Å²) >= 11 is 7.24. The molecule has 7 heteroatoms. The first-order valence-electron chi connectivity index (χ1n) is 6.04. The summed E-state index contributed by atoms with van der Waals surface area (Å²) < 4.78 is 2.39. The second kappa shape index (κ2) is 5.34. The van der Waals surface area contributed by atoms with Gasteiger partial charge in [0.25, 0.3) is 0 Å². The van der Waals surface area contributed by atoms with E-state index in [2.05, 4.69) is 20.6 Å². The standard InChI is InChI=1S/C11H14ClN5S/c12-11-14-8(7-18-11)5-17-6-10(15-16-17)9-3-1-2-4-13-9/h6-7,9,13H,1-5H2/t9-/m1/s1. The molecule has 5 nitrogen and oxygen atoms in total. The summed E-state index contributed by atoms with van der Waals surface area (Å²) in [6, 6.07) is 0.353. The largest absolute Gasteiger partial charge is 0.309 e. The Morgan fingerprint density at radius 2 is 2.44 bits per heavy atom. The first kappa shape index (κ1) is 12.1. The van der Waals surface area contributed by atoms with Crippen LogP contribution in [0.5, 0.6) is 0 Å². The Labute approximate surface area is 114 Å². The fraction of sp³-hybridized carbons (Fsp3) is 0.545. The van der Waals surface area contributed by atoms with Gasteiger partial charge in [0.05, 0.1) is 30.2 Å². The molecule has 1 aliphatic rings. The van der Waals surface area contributed by atoms with Crippen LogP contribution in [0, 0.1) is 0 Å². The zero-order chi connectivity index (χ0) is 12.4. The number of hydrogen-bond donors (Lipinski definition) is 1. The lowest BCUT2D eigenvalue weighted by molar-refractivity contribution is 0.405. The number of nitrogens with zero attached hydrogens (tertiary/aromatic N) is 4. The third kappa shape index (κ3) is 2.71. The van der Waals surface area contributed by atoms with Crippen LogP contribution in [-0.2, 0) is 6.54 Å². The molecular formula is C11H14ClN5S. The van der Waals surface area contributed by atoms with Crippen molar-refractivity contribution < 1.29 is 0 Å². The van der Waals surface area contributed by atoms with Crippen molar-refractivity contribution in [2.24, 2.45) is 0 Å². The molecule has 0 saturated carbocycles. The lowest BCUT2D eigenvalue weighted by Crippen LogP contribution is -2.27. The molecule has 1 N–H and O–H groups in total. The summed E-state index contributed by atoms with van der Waals surface area (Å²) in [4.78, 5) is 4.21. The molecule has 3 rings (SSSR count). The summed E-state index contributed by atoms with van der Waals surface area (Å²) in [6.07, 6.45) is 5.64. The van der Waals surface area contributed by atoms with Crippen molar-refractivity contribution in [1.82, 2.24) is 25.3 Å². The van der Waals surface area contributed by atoms with Gasteiger partial charge in [-0.2, -0.15) is 0 Å². The van der Waals surface area contributed by atoms with Gasteiger partial charge in [-0.05, 0) is 19.4 Å². The lowest BCUT2D eigenvalue weighted by atomic mass is 10.0. The number of thiazole rings is 1. The fourth-order valence-electron chi connectivity index (χ4n) is 2.18. The summed E-state index contributed by atoms with van der Waals surface area (Å²) in [6.45, 7) is 1.70. The van der Waals surface area contributed by atoms with Crippen molar-refractivity contribution in [3.05, 3.63) is 27.4 Å². The van der Waals surface area contributed by atoms with Gasteiger partial charge >= 0.3 is 0 Å². The highest BCUT2D eigenvalue weighted by molar-refractivity contribution is 7.13. The van der Waals surface area contributed by atoms with Gasteiger partial charge < -0.3 is 5.32 Å². The molecule has 3 heterocycles. The first-order valence-corrected chi connectivity index (χ1v) is 7.30. The third-order valence-corrected chi connectivity index (χ3v) is 4.10. The average Bonchev–Trinajstić information content (AvgIpc) is 3.01. The van der Waals surface area contributed by atoms with Crippen molar-refractivity contribution in [3.8, 4) is 0 Å². The summed E-state index contributed by atoms with van der Waals surface area (Å²) in [5.41, 5.74) is 1.95. The summed E-state index contributed by atoms with van der Waals surface area (Å²) in [7, 11) is 0. The summed E-state index contributed by atoms with van der Waals surface area (Å²) in [5, 5.41) is 13.8. The smallest absolute Gasteiger partial charge is 0.183 e. The number of nitrogens with one attached hydrogen (secondary N) is 1. The zero-order valence-corrected chi connectivity index (χ0v) is 11.4. The van der Waals surface area contributed by atoms with Gasteiger partial charge in [0.15, 0.2) is 4.47 Å². The van der Waals surface area contributed by atoms with Crippen LogP contribution in [0.3, 0.4) is 0 Å². The predicted molar refractivity (Wildman–Crippen MR) is 70.8 cm³/mol. The maximum absolute atomic E-state index is 5.81. The highest BCUT2D eigenvalue weighted by atomic mass is 35.5. The minimum absolute atomic E-state index is 0.353. The van der Waals surface area contributed by atoms with Crippen molar-refractivity contribution in [1.29, 1.82) is 0 Å². The topological polar surface area (TPSA) is 55.6 Å². The Morgan fingerprint density at radius 1 is 1.50 bits per heavy atom. The minimum atomic E-state index is 0.353. The van der Waals surface area contributed by atoms with Crippen molar-refractivity contribution in [2.45, 2.75) is 31.8 Å². The Morgan fingerprint density at radius 3 is 3.17 bits per heavy atom. The summed E-state index contributed by atoms with van der Waals surface area (Å²) in [5.74, 6) is 0. The van der Waals surface area contributed by atoms with Gasteiger partial charge in [0, 0.05) is 5.38 Å². The van der Waals surface area contributed by atoms with Gasteiger partial charge in [-0.25, -0.2) is 9.67 Å². The number of piperidine rings is 1. The molecular weight excluding hydrogens is 270 g/mol. The fourth-order valence-corrected chi connectivity index (χ4v) is 2.95. The van der Waals surface area contributed by atoms with E-state index in [1.54, 1.807) is 0 Å². The third-order valence-electron chi connectivity index (χ3n) is 3.07. The molecule has 18 heavy (non-hydrogen) atoms. The van der Waals surface area contributed by atoms with Gasteiger partial charge in [0.2, 0.25) is 0 Å². The first-order chi connectivity index (χ1) is 8.81. The SMILES string of the molecule is Clc1nc(Cn2cc([C@H]3CCCCN3)nn2)cs1. The van der Waals surface area contributed by atoms with Crippen LogP contribution in [0.25, 0.3) is 0 Å². The van der Waals surface area contributed by atoms with E-state index in [0.717, 1.165) is 24.4 Å². The minimum Gasteiger partial charge on any atom is -0.309 e. The van der Waals surface area contributed by atoms with Crippen molar-refractivity contribution in [3.63, 3.8) is 0 Å². The van der Waals surface area contributed by atoms with Gasteiger partial charge in [-0.15, -0.1) is 16.4 Å². The molecule has 0 unspecified atom stereocenters. The molecule has 0 spiro atoms. The molecule has 1 saturated heterocycles. The van der Waals surface area contributed by atoms with Crippen LogP contribution in [0.15, 0.2) is 11.6 Å². The maximum atomic E-state index is 5.81. The number of aromatic nitrogens is 4. The van der Waals surface area contributed by atoms with E-state index >= 15 is 0 Å². The van der Waals surface area contributed by atoms with Crippen LogP contribution in [0.1, 0.15) is 36.7 Å². The maximum Gasteiger partial charge on any atom is 0.183 e. The molecule has 1 fully saturated rings. The van der Waals surface area contributed by atoms with E-state index < -0.39 is 0 Å². The number of rotatable bonds is 3. The highest BCUT2D eigenvalue weighted by Crippen LogP contribution is 2.21. The second-order valence-corrected chi connectivity index (χ2v) is 5.88. The molecule has 1 aliphatic heterocycles. The van der Waals surface area contributed by atoms with E-state index in [0.29, 0.717) is 17.1 Å². The van der Waals surface area contributed by atoms with E-state index in [1.807, 2.05) is 16.3 Å². The van der Waals surface area contributed by atoms with Gasteiger partial charge in [0.1, 0.15) is 0 Å². The number of hydrogen-bond acceptors (Lipinski definition) is 5. The zero-order valence-electron chi connectivity index (χ0n) is 9.84. The molecule has 0 amide bonds. The van der Waals surface area contributed by atoms with E-state index in [1.165, 1.54) is 24.2 Å². The van der Waals surface area contributed by atoms with Crippen molar-refractivity contribution in [2.75, 3.05) is 6.54 Å². The van der Waals surface area contributed by atoms with E-state index in [-0.39, 0.29) is 0 Å². The Hall–Kier alpha value is -0.980. The van der Waals surface area contributed by atoms with Crippen LogP contribution in [0.4, 0.5) is 0 Å². The predicted octanol–water partition coefficient (Wildman–Crippen LogP) is 2.25. The Kier molecular flexibility index (Phi) is 3.58. The van der Waals surface area contributed by atoms with E-state index in [9.17, 15) is 0 Å². The monoisotopic (exact) mass is 283 g/mol. The second-order valence-electron chi connectivity index (χ2n) is 4.44. The van der Waals surface area contributed by atoms with Gasteiger partial charge in [-0.1, -0.05) is 23.2 Å². The quantitative estimate of drug-likeness (QED) is 0.939. The molecule has 0 aromatic carbocycles.